The van der Waals surface area contributed by atoms with Gasteiger partial charge in [-0.05, 0) is 12.1 Å². The molecule has 6 nitrogen and oxygen atoms in total. The Hall–Kier alpha value is -1.57. The van der Waals surface area contributed by atoms with Crippen molar-refractivity contribution in [2.75, 3.05) is 5.43 Å². The van der Waals surface area contributed by atoms with E-state index in [1.807, 2.05) is 0 Å². The van der Waals surface area contributed by atoms with Crippen LogP contribution in [0.15, 0.2) is 18.2 Å². The molecule has 0 aliphatic heterocycles. The van der Waals surface area contributed by atoms with Crippen molar-refractivity contribution in [1.82, 2.24) is 0 Å². The molecule has 0 aromatic heterocycles. The van der Waals surface area contributed by atoms with Gasteiger partial charge in [0.2, 0.25) is 0 Å². The van der Waals surface area contributed by atoms with Gasteiger partial charge >= 0.3 is 22.8 Å². The highest BCUT2D eigenvalue weighted by Gasteiger charge is 2.44. The highest BCUT2D eigenvalue weighted by Crippen LogP contribution is 2.43. The van der Waals surface area contributed by atoms with Crippen LogP contribution in [0.5, 0.6) is 0 Å². The largest absolute Gasteiger partial charge is 0.419 e. The van der Waals surface area contributed by atoms with E-state index in [4.69, 9.17) is 23.4 Å². The number of hydrogen-bond donors (Lipinski definition) is 4. The van der Waals surface area contributed by atoms with Gasteiger partial charge in [-0.3, -0.25) is 14.9 Å². The summed E-state index contributed by atoms with van der Waals surface area (Å²) < 4.78 is 106. The van der Waals surface area contributed by atoms with E-state index < -0.39 is 39.6 Å². The Morgan fingerprint density at radius 2 is 1.43 bits per heavy atom. The Morgan fingerprint density at radius 3 is 1.71 bits per heavy atom. The van der Waals surface area contributed by atoms with Crippen molar-refractivity contribution in [2.24, 2.45) is 5.84 Å². The van der Waals surface area contributed by atoms with E-state index in [1.54, 1.807) is 5.43 Å². The lowest BCUT2D eigenvalue weighted by Gasteiger charge is -2.18. The molecule has 1 aromatic rings. The van der Waals surface area contributed by atoms with Crippen LogP contribution < -0.4 is 11.3 Å². The molecule has 5 N–H and O–H groups in total. The monoisotopic (exact) mass is 342 g/mol. The highest BCUT2D eigenvalue weighted by atomic mass is 32.3. The predicted molar refractivity (Wildman–Crippen MR) is 58.4 cm³/mol. The van der Waals surface area contributed by atoms with Crippen LogP contribution in [0.1, 0.15) is 11.1 Å². The molecule has 0 saturated carbocycles. The third kappa shape index (κ3) is 7.12. The fraction of sp³-hybridized carbons (Fsp3) is 0.250. The molecule has 21 heavy (non-hydrogen) atoms. The topological polar surface area (TPSA) is 113 Å². The molecular weight excluding hydrogens is 334 g/mol. The molecule has 0 aliphatic rings. The van der Waals surface area contributed by atoms with E-state index in [-0.39, 0.29) is 0 Å². The number of anilines is 1. The quantitative estimate of drug-likeness (QED) is 0.270. The predicted octanol–water partition coefficient (Wildman–Crippen LogP) is 2.36. The molecule has 0 bridgehead atoms. The van der Waals surface area contributed by atoms with Crippen molar-refractivity contribution in [3.05, 3.63) is 29.3 Å². The highest BCUT2D eigenvalue weighted by molar-refractivity contribution is 7.79. The van der Waals surface area contributed by atoms with Gasteiger partial charge in [0.05, 0.1) is 16.8 Å². The van der Waals surface area contributed by atoms with Gasteiger partial charge in [-0.25, -0.2) is 0 Å². The summed E-state index contributed by atoms with van der Waals surface area (Å²) in [5.41, 5.74) is -2.81. The van der Waals surface area contributed by atoms with Crippen LogP contribution in [0.2, 0.25) is 0 Å². The van der Waals surface area contributed by atoms with Gasteiger partial charge in [-0.2, -0.15) is 34.8 Å². The van der Waals surface area contributed by atoms with E-state index in [0.29, 0.717) is 6.07 Å². The summed E-state index contributed by atoms with van der Waals surface area (Å²) >= 11 is 0. The molecule has 0 saturated heterocycles. The van der Waals surface area contributed by atoms with Gasteiger partial charge in [-0.15, -0.1) is 0 Å². The summed E-state index contributed by atoms with van der Waals surface area (Å²) in [5.74, 6) is 4.74. The first-order chi connectivity index (χ1) is 9.18. The first-order valence-electron chi connectivity index (χ1n) is 4.62. The third-order valence-electron chi connectivity index (χ3n) is 1.81. The molecule has 1 aromatic carbocycles. The Kier molecular flexibility index (Phi) is 5.98. The maximum atomic E-state index is 12.4. The minimum Gasteiger partial charge on any atom is -0.324 e. The standard InChI is InChI=1S/C8H6F6N2.H2O4S/c9-7(10,11)4-2-1-3-5(16-15)6(4)8(12,13)14;1-5(2,3)4/h1-3,16H,15H2;(H2,1,2,3,4). The van der Waals surface area contributed by atoms with Gasteiger partial charge in [0, 0.05) is 0 Å². The lowest BCUT2D eigenvalue weighted by atomic mass is 10.0. The SMILES string of the molecule is NNc1cccc(C(F)(F)F)c1C(F)(F)F.O=S(=O)(O)O. The Morgan fingerprint density at radius 1 is 1.00 bits per heavy atom. The maximum absolute atomic E-state index is 12.4. The molecule has 0 amide bonds. The van der Waals surface area contributed by atoms with Crippen molar-refractivity contribution < 1.29 is 43.9 Å². The van der Waals surface area contributed by atoms with Crippen molar-refractivity contribution in [2.45, 2.75) is 12.4 Å². The first-order valence-corrected chi connectivity index (χ1v) is 6.01. The zero-order valence-corrected chi connectivity index (χ0v) is 10.5. The van der Waals surface area contributed by atoms with Gasteiger partial charge in [-0.1, -0.05) is 6.07 Å². The second-order valence-corrected chi connectivity index (χ2v) is 4.21. The molecule has 1 rings (SSSR count). The second-order valence-electron chi connectivity index (χ2n) is 3.32. The van der Waals surface area contributed by atoms with Crippen molar-refractivity contribution >= 4 is 16.1 Å². The van der Waals surface area contributed by atoms with Crippen LogP contribution >= 0.6 is 0 Å². The number of alkyl halides is 6. The Balaban J connectivity index is 0.000000690. The van der Waals surface area contributed by atoms with Crippen LogP contribution in [-0.4, -0.2) is 17.5 Å². The minimum absolute atomic E-state index is 0.351. The molecule has 0 heterocycles. The van der Waals surface area contributed by atoms with Crippen LogP contribution in [0.25, 0.3) is 0 Å². The summed E-state index contributed by atoms with van der Waals surface area (Å²) in [4.78, 5) is 0. The number of rotatable bonds is 1. The Bertz CT molecular complexity index is 575. The number of halogens is 6. The van der Waals surface area contributed by atoms with Crippen molar-refractivity contribution in [3.8, 4) is 0 Å². The summed E-state index contributed by atoms with van der Waals surface area (Å²) in [6.45, 7) is 0. The number of hydrazine groups is 1. The third-order valence-corrected chi connectivity index (χ3v) is 1.81. The number of nitrogens with one attached hydrogen (secondary N) is 1. The molecule has 0 spiro atoms. The summed E-state index contributed by atoms with van der Waals surface area (Å²) in [6.07, 6.45) is -10.2. The molecule has 0 aliphatic carbocycles. The van der Waals surface area contributed by atoms with E-state index in [2.05, 4.69) is 0 Å². The van der Waals surface area contributed by atoms with E-state index >= 15 is 0 Å². The summed E-state index contributed by atoms with van der Waals surface area (Å²) in [6, 6.07) is 2.01. The fourth-order valence-corrected chi connectivity index (χ4v) is 1.21. The lowest BCUT2D eigenvalue weighted by molar-refractivity contribution is -0.161. The molecule has 0 fully saturated rings. The number of hydrogen-bond acceptors (Lipinski definition) is 4. The summed E-state index contributed by atoms with van der Waals surface area (Å²) in [5, 5.41) is 0. The van der Waals surface area contributed by atoms with Crippen molar-refractivity contribution in [1.29, 1.82) is 0 Å². The minimum atomic E-state index is -5.13. The smallest absolute Gasteiger partial charge is 0.324 e. The van der Waals surface area contributed by atoms with Gasteiger partial charge in [0.25, 0.3) is 0 Å². The van der Waals surface area contributed by atoms with Crippen LogP contribution in [0, 0.1) is 0 Å². The van der Waals surface area contributed by atoms with Gasteiger partial charge in [0.15, 0.2) is 0 Å². The zero-order chi connectivity index (χ0) is 17.1. The number of nitrogen functional groups attached to an aromatic ring is 1. The zero-order valence-electron chi connectivity index (χ0n) is 9.70. The molecule has 0 unspecified atom stereocenters. The Labute approximate surface area is 114 Å². The molecule has 0 radical (unpaired) electrons. The van der Waals surface area contributed by atoms with Crippen LogP contribution in [0.3, 0.4) is 0 Å². The maximum Gasteiger partial charge on any atom is 0.419 e. The average molecular weight is 342 g/mol. The first kappa shape index (κ1) is 19.4. The molecular formula is C8H8F6N2O4S. The number of benzene rings is 1. The lowest BCUT2D eigenvalue weighted by Crippen LogP contribution is -2.20. The van der Waals surface area contributed by atoms with E-state index in [9.17, 15) is 26.3 Å². The number of nitrogens with two attached hydrogens (primary N) is 1. The molecule has 13 heteroatoms. The van der Waals surface area contributed by atoms with E-state index in [0.717, 1.165) is 12.1 Å². The van der Waals surface area contributed by atoms with Crippen LogP contribution in [0.4, 0.5) is 32.0 Å². The van der Waals surface area contributed by atoms with E-state index in [1.165, 1.54) is 0 Å². The second kappa shape index (κ2) is 6.46. The van der Waals surface area contributed by atoms with Gasteiger partial charge < -0.3 is 5.43 Å². The fourth-order valence-electron chi connectivity index (χ4n) is 1.21. The molecule has 0 atom stereocenters. The normalized spacial score (nSPS) is 12.4. The average Bonchev–Trinajstić information content (AvgIpc) is 2.23. The van der Waals surface area contributed by atoms with Crippen molar-refractivity contribution in [3.63, 3.8) is 0 Å². The van der Waals surface area contributed by atoms with Gasteiger partial charge in [0.1, 0.15) is 0 Å². The summed E-state index contributed by atoms with van der Waals surface area (Å²) in [7, 11) is -4.67. The molecule has 122 valence electrons. The van der Waals surface area contributed by atoms with Crippen LogP contribution in [-0.2, 0) is 22.8 Å².